The van der Waals surface area contributed by atoms with E-state index in [1.807, 2.05) is 0 Å². The predicted molar refractivity (Wildman–Crippen MR) is 106 cm³/mol. The molecule has 3 N–H and O–H groups in total. The van der Waals surface area contributed by atoms with Gasteiger partial charge in [-0.05, 0) is 18.6 Å². The van der Waals surface area contributed by atoms with E-state index in [9.17, 15) is 22.8 Å². The van der Waals surface area contributed by atoms with E-state index in [2.05, 4.69) is 5.32 Å². The highest BCUT2D eigenvalue weighted by atomic mass is 35.5. The van der Waals surface area contributed by atoms with Gasteiger partial charge in [0.15, 0.2) is 0 Å². The van der Waals surface area contributed by atoms with Crippen LogP contribution in [0.1, 0.15) is 24.0 Å². The number of nitrogens with one attached hydrogen (secondary N) is 1. The third-order valence-corrected chi connectivity index (χ3v) is 4.82. The van der Waals surface area contributed by atoms with Crippen molar-refractivity contribution < 1.29 is 37.0 Å². The molecule has 1 atom stereocenters. The molecule has 0 amide bonds. The molecule has 7 nitrogen and oxygen atoms in total. The first-order valence-corrected chi connectivity index (χ1v) is 9.63. The molecule has 2 rings (SSSR count). The fourth-order valence-corrected chi connectivity index (χ4v) is 3.43. The van der Waals surface area contributed by atoms with E-state index in [0.29, 0.717) is 0 Å². The van der Waals surface area contributed by atoms with Crippen LogP contribution < -0.4 is 11.1 Å². The van der Waals surface area contributed by atoms with Gasteiger partial charge in [0.25, 0.3) is 0 Å². The van der Waals surface area contributed by atoms with Crippen molar-refractivity contribution in [3.8, 4) is 0 Å². The van der Waals surface area contributed by atoms with Crippen molar-refractivity contribution in [2.75, 3.05) is 33.5 Å². The Morgan fingerprint density at radius 2 is 1.97 bits per heavy atom. The van der Waals surface area contributed by atoms with Crippen LogP contribution in [0.5, 0.6) is 0 Å². The summed E-state index contributed by atoms with van der Waals surface area (Å²) >= 11 is 6.12. The number of methoxy groups -OCH3 is 1. The van der Waals surface area contributed by atoms with Crippen molar-refractivity contribution in [2.24, 2.45) is 5.73 Å². The molecule has 0 radical (unpaired) electrons. The van der Waals surface area contributed by atoms with Gasteiger partial charge in [0.05, 0.1) is 60.3 Å². The Bertz CT molecular complexity index is 899. The highest BCUT2D eigenvalue weighted by Gasteiger charge is 2.41. The lowest BCUT2D eigenvalue weighted by atomic mass is 9.81. The Balaban J connectivity index is 2.73. The monoisotopic (exact) mass is 462 g/mol. The molecule has 0 fully saturated rings. The lowest BCUT2D eigenvalue weighted by molar-refractivity contribution is -0.139. The summed E-state index contributed by atoms with van der Waals surface area (Å²) in [6, 6.07) is 3.27. The molecule has 1 heterocycles. The number of carbonyl (C=O) groups excluding carboxylic acids is 2. The normalized spacial score (nSPS) is 16.5. The summed E-state index contributed by atoms with van der Waals surface area (Å²) in [5, 5.41) is 2.14. The third kappa shape index (κ3) is 5.57. The zero-order chi connectivity index (χ0) is 23.2. The Labute approximate surface area is 182 Å². The number of nitrogens with two attached hydrogens (primary N) is 1. The number of carbonyl (C=O) groups is 2. The standard InChI is InChI=1S/C20H22ClF3N2O5/c1-3-31-19(28)16-14(10-30-8-7-25)26-9-12(18(27)29-2)15(16)11-5-4-6-13(17(11)21)20(22,23)24/h4-6,9,15,26H,3,7-8,10,25H2,1-2H3. The Morgan fingerprint density at radius 3 is 2.55 bits per heavy atom. The van der Waals surface area contributed by atoms with Gasteiger partial charge >= 0.3 is 18.1 Å². The first kappa shape index (κ1) is 24.7. The van der Waals surface area contributed by atoms with Crippen LogP contribution in [0.2, 0.25) is 5.02 Å². The number of hydrogen-bond donors (Lipinski definition) is 2. The summed E-state index contributed by atoms with van der Waals surface area (Å²) in [6.07, 6.45) is -3.49. The Kier molecular flexibility index (Phi) is 8.49. The maximum Gasteiger partial charge on any atom is 0.417 e. The van der Waals surface area contributed by atoms with E-state index in [1.165, 1.54) is 12.3 Å². The average Bonchev–Trinajstić information content (AvgIpc) is 2.72. The highest BCUT2D eigenvalue weighted by Crippen LogP contribution is 2.44. The minimum absolute atomic E-state index is 0.000411. The molecule has 31 heavy (non-hydrogen) atoms. The van der Waals surface area contributed by atoms with Crippen molar-refractivity contribution in [2.45, 2.75) is 19.0 Å². The lowest BCUT2D eigenvalue weighted by Gasteiger charge is -2.29. The van der Waals surface area contributed by atoms with Crippen LogP contribution in [0.15, 0.2) is 41.2 Å². The fraction of sp³-hybridized carbons (Fsp3) is 0.400. The number of esters is 2. The molecule has 0 bridgehead atoms. The zero-order valence-electron chi connectivity index (χ0n) is 16.8. The van der Waals surface area contributed by atoms with Gasteiger partial charge in [0, 0.05) is 12.7 Å². The molecule has 1 unspecified atom stereocenters. The Hall–Kier alpha value is -2.56. The van der Waals surface area contributed by atoms with E-state index < -0.39 is 34.6 Å². The molecule has 1 aromatic rings. The molecule has 170 valence electrons. The first-order chi connectivity index (χ1) is 14.7. The molecule has 0 spiro atoms. The van der Waals surface area contributed by atoms with Gasteiger partial charge < -0.3 is 25.3 Å². The second-order valence-electron chi connectivity index (χ2n) is 6.33. The minimum Gasteiger partial charge on any atom is -0.466 e. The molecule has 11 heteroatoms. The van der Waals surface area contributed by atoms with E-state index in [0.717, 1.165) is 19.2 Å². The summed E-state index contributed by atoms with van der Waals surface area (Å²) in [5.74, 6) is -2.97. The molecule has 0 saturated carbocycles. The third-order valence-electron chi connectivity index (χ3n) is 4.40. The minimum atomic E-state index is -4.74. The fourth-order valence-electron chi connectivity index (χ4n) is 3.09. The van der Waals surface area contributed by atoms with E-state index in [-0.39, 0.29) is 48.8 Å². The van der Waals surface area contributed by atoms with Crippen molar-refractivity contribution in [3.63, 3.8) is 0 Å². The van der Waals surface area contributed by atoms with Crippen LogP contribution in [-0.4, -0.2) is 45.4 Å². The molecule has 1 aliphatic heterocycles. The number of ether oxygens (including phenoxy) is 3. The van der Waals surface area contributed by atoms with Gasteiger partial charge in [-0.15, -0.1) is 0 Å². The second-order valence-corrected chi connectivity index (χ2v) is 6.71. The number of dihydropyridines is 1. The quantitative estimate of drug-likeness (QED) is 0.452. The maximum absolute atomic E-state index is 13.4. The van der Waals surface area contributed by atoms with Crippen LogP contribution in [0.4, 0.5) is 13.2 Å². The van der Waals surface area contributed by atoms with E-state index >= 15 is 0 Å². The summed E-state index contributed by atoms with van der Waals surface area (Å²) in [4.78, 5) is 25.2. The highest BCUT2D eigenvalue weighted by molar-refractivity contribution is 6.32. The molecule has 0 aliphatic carbocycles. The summed E-state index contributed by atoms with van der Waals surface area (Å²) in [7, 11) is 1.11. The van der Waals surface area contributed by atoms with Crippen molar-refractivity contribution in [1.29, 1.82) is 0 Å². The van der Waals surface area contributed by atoms with E-state index in [1.54, 1.807) is 6.92 Å². The summed E-state index contributed by atoms with van der Waals surface area (Å²) in [5.41, 5.74) is 4.19. The van der Waals surface area contributed by atoms with Gasteiger partial charge in [-0.25, -0.2) is 9.59 Å². The van der Waals surface area contributed by atoms with Crippen LogP contribution >= 0.6 is 11.6 Å². The zero-order valence-corrected chi connectivity index (χ0v) is 17.6. The molecule has 1 aliphatic rings. The molecule has 0 aromatic heterocycles. The van der Waals surface area contributed by atoms with Gasteiger partial charge in [-0.1, -0.05) is 23.7 Å². The van der Waals surface area contributed by atoms with Gasteiger partial charge in [0.2, 0.25) is 0 Å². The van der Waals surface area contributed by atoms with Crippen molar-refractivity contribution in [1.82, 2.24) is 5.32 Å². The Morgan fingerprint density at radius 1 is 1.26 bits per heavy atom. The van der Waals surface area contributed by atoms with E-state index in [4.69, 9.17) is 31.5 Å². The number of alkyl halides is 3. The van der Waals surface area contributed by atoms with Crippen LogP contribution in [0.25, 0.3) is 0 Å². The smallest absolute Gasteiger partial charge is 0.417 e. The van der Waals surface area contributed by atoms with Crippen molar-refractivity contribution >= 4 is 23.5 Å². The van der Waals surface area contributed by atoms with Crippen molar-refractivity contribution in [3.05, 3.63) is 57.4 Å². The average molecular weight is 463 g/mol. The topological polar surface area (TPSA) is 99.9 Å². The molecule has 1 aromatic carbocycles. The summed E-state index contributed by atoms with van der Waals surface area (Å²) < 4.78 is 55.6. The number of benzene rings is 1. The molecular formula is C20H22ClF3N2O5. The largest absolute Gasteiger partial charge is 0.466 e. The predicted octanol–water partition coefficient (Wildman–Crippen LogP) is 2.90. The second kappa shape index (κ2) is 10.7. The molecular weight excluding hydrogens is 441 g/mol. The first-order valence-electron chi connectivity index (χ1n) is 9.25. The van der Waals surface area contributed by atoms with Crippen LogP contribution in [0, 0.1) is 0 Å². The van der Waals surface area contributed by atoms with Gasteiger partial charge in [-0.2, -0.15) is 13.2 Å². The molecule has 0 saturated heterocycles. The van der Waals surface area contributed by atoms with Gasteiger partial charge in [-0.3, -0.25) is 0 Å². The van der Waals surface area contributed by atoms with Crippen LogP contribution in [-0.2, 0) is 30.0 Å². The SMILES string of the molecule is CCOC(=O)C1=C(COCCN)NC=C(C(=O)OC)C1c1cccc(C(F)(F)F)c1Cl. The van der Waals surface area contributed by atoms with Crippen LogP contribution in [0.3, 0.4) is 0 Å². The number of halogens is 4. The lowest BCUT2D eigenvalue weighted by Crippen LogP contribution is -2.32. The van der Waals surface area contributed by atoms with Gasteiger partial charge in [0.1, 0.15) is 0 Å². The number of hydrogen-bond acceptors (Lipinski definition) is 7. The number of rotatable bonds is 8. The summed E-state index contributed by atoms with van der Waals surface area (Å²) in [6.45, 7) is 1.84. The maximum atomic E-state index is 13.4.